The molecule has 1 saturated heterocycles. The molecular weight excluding hydrogens is 398 g/mol. The molecule has 0 N–H and O–H groups in total. The van der Waals surface area contributed by atoms with Crippen molar-refractivity contribution in [3.63, 3.8) is 0 Å². The molecule has 1 rings (SSSR count). The molecule has 0 spiro atoms. The number of Topliss-reactive ketones (excluding diaryl/α,β-unsaturated/α-hetero) is 1. The summed E-state index contributed by atoms with van der Waals surface area (Å²) in [5.74, 6) is 0.266. The molecule has 1 aliphatic rings. The largest absolute Gasteiger partial charge is 0.299 e. The summed E-state index contributed by atoms with van der Waals surface area (Å²) in [6.07, 6.45) is 14.4. The maximum Gasteiger partial charge on any atom is 0.233 e. The molecule has 0 aliphatic carbocycles. The number of carbonyl (C=O) groups excluding carboxylic acids is 3. The van der Waals surface area contributed by atoms with Crippen molar-refractivity contribution < 1.29 is 14.4 Å². The molecule has 1 aliphatic heterocycles. The SMILES string of the molecule is CCCCCCC(C)(CC)C1CC(=O)N(CCCCCC(=O)C(C)(CC)CCCC)C1=O. The second-order valence-electron chi connectivity index (χ2n) is 10.7. The summed E-state index contributed by atoms with van der Waals surface area (Å²) in [5, 5.41) is 0. The van der Waals surface area contributed by atoms with E-state index in [1.165, 1.54) is 24.2 Å². The fourth-order valence-corrected chi connectivity index (χ4v) is 5.13. The number of hydrogen-bond acceptors (Lipinski definition) is 3. The van der Waals surface area contributed by atoms with Crippen LogP contribution in [0.2, 0.25) is 0 Å². The van der Waals surface area contributed by atoms with Crippen LogP contribution in [0.3, 0.4) is 0 Å². The van der Waals surface area contributed by atoms with Gasteiger partial charge in [-0.05, 0) is 43.9 Å². The van der Waals surface area contributed by atoms with Crippen LogP contribution in [0.1, 0.15) is 138 Å². The molecule has 0 aromatic carbocycles. The summed E-state index contributed by atoms with van der Waals surface area (Å²) in [6, 6.07) is 0. The quantitative estimate of drug-likeness (QED) is 0.161. The first-order valence-corrected chi connectivity index (χ1v) is 13.6. The van der Waals surface area contributed by atoms with Crippen LogP contribution in [-0.2, 0) is 14.4 Å². The molecule has 1 fully saturated rings. The highest BCUT2D eigenvalue weighted by Crippen LogP contribution is 2.43. The van der Waals surface area contributed by atoms with Crippen LogP contribution in [0.4, 0.5) is 0 Å². The van der Waals surface area contributed by atoms with E-state index in [1.54, 1.807) is 0 Å². The van der Waals surface area contributed by atoms with Gasteiger partial charge in [-0.2, -0.15) is 0 Å². The first kappa shape index (κ1) is 28.8. The Balaban J connectivity index is 2.49. The van der Waals surface area contributed by atoms with E-state index >= 15 is 0 Å². The number of unbranched alkanes of at least 4 members (excludes halogenated alkanes) is 6. The minimum atomic E-state index is -0.189. The summed E-state index contributed by atoms with van der Waals surface area (Å²) in [5.41, 5.74) is -0.267. The van der Waals surface area contributed by atoms with Gasteiger partial charge in [0.25, 0.3) is 0 Å². The van der Waals surface area contributed by atoms with Gasteiger partial charge in [0.2, 0.25) is 11.8 Å². The van der Waals surface area contributed by atoms with Crippen molar-refractivity contribution in [2.24, 2.45) is 16.7 Å². The predicted molar refractivity (Wildman–Crippen MR) is 133 cm³/mol. The molecule has 0 bridgehead atoms. The van der Waals surface area contributed by atoms with Crippen LogP contribution in [0.5, 0.6) is 0 Å². The molecule has 0 aromatic rings. The van der Waals surface area contributed by atoms with E-state index in [2.05, 4.69) is 41.5 Å². The zero-order chi connectivity index (χ0) is 24.2. The summed E-state index contributed by atoms with van der Waals surface area (Å²) < 4.78 is 0. The first-order valence-electron chi connectivity index (χ1n) is 13.6. The number of imide groups is 1. The monoisotopic (exact) mass is 449 g/mol. The van der Waals surface area contributed by atoms with Gasteiger partial charge in [-0.15, -0.1) is 0 Å². The Labute approximate surface area is 198 Å². The molecular formula is C28H51NO3. The Morgan fingerprint density at radius 3 is 2.09 bits per heavy atom. The van der Waals surface area contributed by atoms with E-state index in [-0.39, 0.29) is 28.6 Å². The van der Waals surface area contributed by atoms with Crippen molar-refractivity contribution in [2.75, 3.05) is 6.54 Å². The van der Waals surface area contributed by atoms with E-state index in [0.717, 1.165) is 64.2 Å². The number of carbonyl (C=O) groups is 3. The van der Waals surface area contributed by atoms with Gasteiger partial charge in [0.1, 0.15) is 5.78 Å². The highest BCUT2D eigenvalue weighted by atomic mass is 16.2. The van der Waals surface area contributed by atoms with Crippen molar-refractivity contribution in [2.45, 2.75) is 138 Å². The molecule has 1 heterocycles. The minimum absolute atomic E-state index is 0.00225. The van der Waals surface area contributed by atoms with Crippen LogP contribution in [0.15, 0.2) is 0 Å². The second-order valence-corrected chi connectivity index (χ2v) is 10.7. The van der Waals surface area contributed by atoms with Crippen LogP contribution in [-0.4, -0.2) is 29.0 Å². The number of nitrogens with zero attached hydrogens (tertiary/aromatic N) is 1. The van der Waals surface area contributed by atoms with Crippen molar-refractivity contribution in [3.05, 3.63) is 0 Å². The number of ketones is 1. The number of rotatable bonds is 18. The van der Waals surface area contributed by atoms with Crippen LogP contribution >= 0.6 is 0 Å². The van der Waals surface area contributed by atoms with Gasteiger partial charge < -0.3 is 0 Å². The smallest absolute Gasteiger partial charge is 0.233 e. The zero-order valence-electron chi connectivity index (χ0n) is 22.1. The minimum Gasteiger partial charge on any atom is -0.299 e. The Bertz CT molecular complexity index is 601. The third-order valence-corrected chi connectivity index (χ3v) is 8.32. The van der Waals surface area contributed by atoms with E-state index < -0.39 is 0 Å². The highest BCUT2D eigenvalue weighted by Gasteiger charge is 2.47. The summed E-state index contributed by atoms with van der Waals surface area (Å²) in [4.78, 5) is 40.0. The Morgan fingerprint density at radius 2 is 1.50 bits per heavy atom. The molecule has 0 aromatic heterocycles. The molecule has 2 amide bonds. The van der Waals surface area contributed by atoms with E-state index in [4.69, 9.17) is 0 Å². The molecule has 3 unspecified atom stereocenters. The predicted octanol–water partition coefficient (Wildman–Crippen LogP) is 7.48. The Hall–Kier alpha value is -1.19. The first-order chi connectivity index (χ1) is 15.2. The normalized spacial score (nSPS) is 20.4. The average Bonchev–Trinajstić information content (AvgIpc) is 3.08. The maximum absolute atomic E-state index is 13.1. The van der Waals surface area contributed by atoms with Crippen LogP contribution < -0.4 is 0 Å². The van der Waals surface area contributed by atoms with Gasteiger partial charge in [0.05, 0.1) is 5.92 Å². The lowest BCUT2D eigenvalue weighted by Crippen LogP contribution is -2.36. The molecule has 4 heteroatoms. The topological polar surface area (TPSA) is 54.5 Å². The number of likely N-dealkylation sites (tertiary alicyclic amines) is 1. The fraction of sp³-hybridized carbons (Fsp3) is 0.893. The third kappa shape index (κ3) is 7.99. The third-order valence-electron chi connectivity index (χ3n) is 8.32. The highest BCUT2D eigenvalue weighted by molar-refractivity contribution is 6.03. The van der Waals surface area contributed by atoms with Gasteiger partial charge >= 0.3 is 0 Å². The summed E-state index contributed by atoms with van der Waals surface area (Å²) in [7, 11) is 0. The van der Waals surface area contributed by atoms with E-state index in [9.17, 15) is 14.4 Å². The summed E-state index contributed by atoms with van der Waals surface area (Å²) >= 11 is 0. The van der Waals surface area contributed by atoms with Crippen LogP contribution in [0, 0.1) is 16.7 Å². The lowest BCUT2D eigenvalue weighted by Gasteiger charge is -2.33. The van der Waals surface area contributed by atoms with Crippen LogP contribution in [0.25, 0.3) is 0 Å². The van der Waals surface area contributed by atoms with Crippen molar-refractivity contribution in [1.82, 2.24) is 4.90 Å². The van der Waals surface area contributed by atoms with Gasteiger partial charge in [-0.3, -0.25) is 19.3 Å². The van der Waals surface area contributed by atoms with Crippen molar-refractivity contribution in [3.8, 4) is 0 Å². The van der Waals surface area contributed by atoms with Gasteiger partial charge in [-0.1, -0.05) is 86.5 Å². The van der Waals surface area contributed by atoms with E-state index in [0.29, 0.717) is 25.2 Å². The number of amides is 2. The number of hydrogen-bond donors (Lipinski definition) is 0. The second kappa shape index (κ2) is 14.2. The maximum atomic E-state index is 13.1. The Morgan fingerprint density at radius 1 is 0.844 bits per heavy atom. The molecule has 0 saturated carbocycles. The lowest BCUT2D eigenvalue weighted by molar-refractivity contribution is -0.141. The van der Waals surface area contributed by atoms with Crippen molar-refractivity contribution >= 4 is 17.6 Å². The van der Waals surface area contributed by atoms with Gasteiger partial charge in [-0.25, -0.2) is 0 Å². The molecule has 0 radical (unpaired) electrons. The van der Waals surface area contributed by atoms with E-state index in [1.807, 2.05) is 0 Å². The standard InChI is InChI=1S/C28H51NO3/c1-7-11-13-16-20-27(5,9-3)23-22-25(31)29(26(23)32)21-17-14-15-18-24(30)28(6,10-4)19-12-8-2/h23H,7-22H2,1-6H3. The summed E-state index contributed by atoms with van der Waals surface area (Å²) in [6.45, 7) is 13.5. The molecule has 186 valence electrons. The fourth-order valence-electron chi connectivity index (χ4n) is 5.13. The van der Waals surface area contributed by atoms with Crippen molar-refractivity contribution in [1.29, 1.82) is 0 Å². The molecule has 4 nitrogen and oxygen atoms in total. The zero-order valence-corrected chi connectivity index (χ0v) is 22.1. The Kier molecular flexibility index (Phi) is 12.8. The lowest BCUT2D eigenvalue weighted by atomic mass is 9.70. The molecule has 3 atom stereocenters. The molecule has 32 heavy (non-hydrogen) atoms. The van der Waals surface area contributed by atoms with Gasteiger partial charge in [0, 0.05) is 24.8 Å². The van der Waals surface area contributed by atoms with Gasteiger partial charge in [0.15, 0.2) is 0 Å². The average molecular weight is 450 g/mol.